The molecule has 26 heavy (non-hydrogen) atoms. The van der Waals surface area contributed by atoms with Crippen LogP contribution in [0.15, 0.2) is 30.3 Å². The van der Waals surface area contributed by atoms with Crippen LogP contribution in [0.3, 0.4) is 0 Å². The van der Waals surface area contributed by atoms with Crippen LogP contribution in [-0.4, -0.2) is 6.61 Å². The molecule has 0 amide bonds. The summed E-state index contributed by atoms with van der Waals surface area (Å²) in [7, 11) is 0. The van der Waals surface area contributed by atoms with E-state index >= 15 is 0 Å². The van der Waals surface area contributed by atoms with Gasteiger partial charge in [-0.2, -0.15) is 4.39 Å². The van der Waals surface area contributed by atoms with Gasteiger partial charge in [0.15, 0.2) is 11.6 Å². The standard InChI is InChI=1S/C22H25F3O/c1-3-15-7-10-18(19(23)12-15)17-8-5-16(6-9-17)13-26-20-11-4-14(2)21(24)22(20)25/h4,7,10-12,16-17H,3,5-6,8-9,13H2,1-2H3. The average Bonchev–Trinajstić information content (AvgIpc) is 2.66. The van der Waals surface area contributed by atoms with E-state index in [1.54, 1.807) is 6.07 Å². The fourth-order valence-corrected chi connectivity index (χ4v) is 3.71. The highest BCUT2D eigenvalue weighted by molar-refractivity contribution is 5.30. The fourth-order valence-electron chi connectivity index (χ4n) is 3.71. The molecule has 1 saturated carbocycles. The van der Waals surface area contributed by atoms with Crippen molar-refractivity contribution in [2.24, 2.45) is 5.92 Å². The summed E-state index contributed by atoms with van der Waals surface area (Å²) in [6.45, 7) is 3.90. The van der Waals surface area contributed by atoms with Crippen molar-refractivity contribution in [2.45, 2.75) is 51.9 Å². The van der Waals surface area contributed by atoms with Gasteiger partial charge < -0.3 is 4.74 Å². The molecule has 2 aromatic rings. The Hall–Kier alpha value is -1.97. The summed E-state index contributed by atoms with van der Waals surface area (Å²) in [4.78, 5) is 0. The van der Waals surface area contributed by atoms with Crippen molar-refractivity contribution in [3.8, 4) is 5.75 Å². The molecule has 0 aromatic heterocycles. The Morgan fingerprint density at radius 2 is 1.69 bits per heavy atom. The Morgan fingerprint density at radius 1 is 0.962 bits per heavy atom. The number of benzene rings is 2. The van der Waals surface area contributed by atoms with Crippen LogP contribution in [0.25, 0.3) is 0 Å². The van der Waals surface area contributed by atoms with Crippen molar-refractivity contribution in [2.75, 3.05) is 6.61 Å². The highest BCUT2D eigenvalue weighted by Crippen LogP contribution is 2.37. The fraction of sp³-hybridized carbons (Fsp3) is 0.455. The van der Waals surface area contributed by atoms with E-state index in [2.05, 4.69) is 0 Å². The Labute approximate surface area is 153 Å². The zero-order chi connectivity index (χ0) is 18.7. The molecule has 1 fully saturated rings. The maximum Gasteiger partial charge on any atom is 0.200 e. The molecule has 0 radical (unpaired) electrons. The second-order valence-corrected chi connectivity index (χ2v) is 7.25. The molecular formula is C22H25F3O. The lowest BCUT2D eigenvalue weighted by atomic mass is 9.78. The van der Waals surface area contributed by atoms with Gasteiger partial charge in [-0.05, 0) is 79.7 Å². The first kappa shape index (κ1) is 18.8. The topological polar surface area (TPSA) is 9.23 Å². The Balaban J connectivity index is 1.55. The maximum atomic E-state index is 14.3. The van der Waals surface area contributed by atoms with Crippen LogP contribution >= 0.6 is 0 Å². The molecule has 2 aromatic carbocycles. The first-order valence-electron chi connectivity index (χ1n) is 9.35. The van der Waals surface area contributed by atoms with Crippen molar-refractivity contribution in [3.05, 3.63) is 64.5 Å². The molecule has 1 aliphatic rings. The first-order chi connectivity index (χ1) is 12.5. The maximum absolute atomic E-state index is 14.3. The lowest BCUT2D eigenvalue weighted by Crippen LogP contribution is -2.20. The zero-order valence-electron chi connectivity index (χ0n) is 15.3. The minimum atomic E-state index is -0.920. The molecule has 140 valence electrons. The summed E-state index contributed by atoms with van der Waals surface area (Å²) < 4.78 is 47.3. The number of hydrogen-bond donors (Lipinski definition) is 0. The molecule has 0 heterocycles. The molecular weight excluding hydrogens is 337 g/mol. The van der Waals surface area contributed by atoms with Crippen molar-refractivity contribution in [3.63, 3.8) is 0 Å². The molecule has 0 bridgehead atoms. The van der Waals surface area contributed by atoms with Crippen LogP contribution in [0.5, 0.6) is 5.75 Å². The lowest BCUT2D eigenvalue weighted by molar-refractivity contribution is 0.192. The van der Waals surface area contributed by atoms with E-state index in [-0.39, 0.29) is 29.0 Å². The second-order valence-electron chi connectivity index (χ2n) is 7.25. The van der Waals surface area contributed by atoms with Gasteiger partial charge in [0.2, 0.25) is 5.82 Å². The van der Waals surface area contributed by atoms with Gasteiger partial charge in [-0.3, -0.25) is 0 Å². The van der Waals surface area contributed by atoms with Crippen LogP contribution in [-0.2, 0) is 6.42 Å². The first-order valence-corrected chi connectivity index (χ1v) is 9.35. The van der Waals surface area contributed by atoms with E-state index in [0.717, 1.165) is 43.2 Å². The Morgan fingerprint density at radius 3 is 2.35 bits per heavy atom. The molecule has 0 atom stereocenters. The average molecular weight is 362 g/mol. The molecule has 1 aliphatic carbocycles. The van der Waals surface area contributed by atoms with E-state index in [1.807, 2.05) is 19.1 Å². The van der Waals surface area contributed by atoms with Crippen LogP contribution in [0.1, 0.15) is 55.2 Å². The minimum Gasteiger partial charge on any atom is -0.490 e. The quantitative estimate of drug-likeness (QED) is 0.604. The molecule has 0 spiro atoms. The molecule has 4 heteroatoms. The molecule has 0 aliphatic heterocycles. The summed E-state index contributed by atoms with van der Waals surface area (Å²) in [5.41, 5.74) is 2.08. The number of hydrogen-bond acceptors (Lipinski definition) is 1. The van der Waals surface area contributed by atoms with Gasteiger partial charge in [-0.25, -0.2) is 8.78 Å². The van der Waals surface area contributed by atoms with Gasteiger partial charge >= 0.3 is 0 Å². The van der Waals surface area contributed by atoms with Gasteiger partial charge in [-0.15, -0.1) is 0 Å². The largest absolute Gasteiger partial charge is 0.490 e. The number of aryl methyl sites for hydroxylation is 2. The Kier molecular flexibility index (Phi) is 5.90. The summed E-state index contributed by atoms with van der Waals surface area (Å²) >= 11 is 0. The van der Waals surface area contributed by atoms with Crippen molar-refractivity contribution in [1.82, 2.24) is 0 Å². The third-order valence-electron chi connectivity index (χ3n) is 5.47. The number of halogens is 3. The predicted octanol–water partition coefficient (Wildman–Crippen LogP) is 6.33. The van der Waals surface area contributed by atoms with E-state index < -0.39 is 11.6 Å². The molecule has 0 N–H and O–H groups in total. The normalized spacial score (nSPS) is 20.2. The van der Waals surface area contributed by atoms with Crippen LogP contribution in [0.4, 0.5) is 13.2 Å². The third kappa shape index (κ3) is 4.05. The highest BCUT2D eigenvalue weighted by atomic mass is 19.2. The van der Waals surface area contributed by atoms with Crippen molar-refractivity contribution >= 4 is 0 Å². The number of ether oxygens (including phenoxy) is 1. The van der Waals surface area contributed by atoms with Crippen molar-refractivity contribution in [1.29, 1.82) is 0 Å². The van der Waals surface area contributed by atoms with E-state index in [4.69, 9.17) is 4.74 Å². The summed E-state index contributed by atoms with van der Waals surface area (Å²) in [6.07, 6.45) is 4.41. The van der Waals surface area contributed by atoms with E-state index in [1.165, 1.54) is 19.1 Å². The van der Waals surface area contributed by atoms with E-state index in [9.17, 15) is 13.2 Å². The predicted molar refractivity (Wildman–Crippen MR) is 97.1 cm³/mol. The second kappa shape index (κ2) is 8.15. The SMILES string of the molecule is CCc1ccc(C2CCC(COc3ccc(C)c(F)c3F)CC2)c(F)c1. The van der Waals surface area contributed by atoms with Gasteiger partial charge in [0.1, 0.15) is 5.82 Å². The summed E-state index contributed by atoms with van der Waals surface area (Å²) in [6, 6.07) is 8.55. The lowest BCUT2D eigenvalue weighted by Gasteiger charge is -2.29. The van der Waals surface area contributed by atoms with Gasteiger partial charge in [-0.1, -0.05) is 25.1 Å². The smallest absolute Gasteiger partial charge is 0.200 e. The van der Waals surface area contributed by atoms with Gasteiger partial charge in [0.25, 0.3) is 0 Å². The van der Waals surface area contributed by atoms with Gasteiger partial charge in [0.05, 0.1) is 6.61 Å². The van der Waals surface area contributed by atoms with Gasteiger partial charge in [0, 0.05) is 0 Å². The summed E-state index contributed by atoms with van der Waals surface area (Å²) in [5, 5.41) is 0. The van der Waals surface area contributed by atoms with E-state index in [0.29, 0.717) is 6.61 Å². The summed E-state index contributed by atoms with van der Waals surface area (Å²) in [5.74, 6) is -1.40. The monoisotopic (exact) mass is 362 g/mol. The van der Waals surface area contributed by atoms with Crippen LogP contribution < -0.4 is 4.74 Å². The number of rotatable bonds is 5. The molecule has 3 rings (SSSR count). The molecule has 0 unspecified atom stereocenters. The molecule has 0 saturated heterocycles. The highest BCUT2D eigenvalue weighted by Gasteiger charge is 2.25. The van der Waals surface area contributed by atoms with Crippen molar-refractivity contribution < 1.29 is 17.9 Å². The van der Waals surface area contributed by atoms with Crippen LogP contribution in [0, 0.1) is 30.3 Å². The van der Waals surface area contributed by atoms with Crippen LogP contribution in [0.2, 0.25) is 0 Å². The molecule has 1 nitrogen and oxygen atoms in total. The zero-order valence-corrected chi connectivity index (χ0v) is 15.3. The third-order valence-corrected chi connectivity index (χ3v) is 5.47. The minimum absolute atomic E-state index is 0.0311. The Bertz CT molecular complexity index is 764.